The van der Waals surface area contributed by atoms with Crippen molar-refractivity contribution in [3.8, 4) is 0 Å². The highest BCUT2D eigenvalue weighted by Gasteiger charge is 2.32. The molecule has 0 fully saturated rings. The molecule has 0 spiro atoms. The van der Waals surface area contributed by atoms with Crippen LogP contribution in [0.5, 0.6) is 0 Å². The van der Waals surface area contributed by atoms with Gasteiger partial charge >= 0.3 is 0 Å². The standard InChI is InChI=1S/C19H34N2O2S.C18H32N2O2S.C17H30N2O2S/c1-7-9-21(10-8-2)12-14-23-13-11-20(6)16-15(19(3,4)5)18(24)17(16)22;1-7-9-20(8-2)11-13-22-12-10-19(6)15-14(18(3,4)5)17(23)16(15)21;1-7-8-18(5)9-11-21-12-10-19(6)14-13(17(2,3)4)16(22)15(14)20/h7-14H2,1-6H3;7-13H2,1-6H3;7-12H2,1-6H3. The second-order valence-corrected chi connectivity index (χ2v) is 22.8. The van der Waals surface area contributed by atoms with Crippen LogP contribution in [0.1, 0.15) is 139 Å². The largest absolute Gasteiger partial charge is 0.378 e. The van der Waals surface area contributed by atoms with Crippen LogP contribution in [0.25, 0.3) is 0 Å². The average molecular weight is 1020 g/mol. The number of ether oxygens (including phenoxy) is 3. The summed E-state index contributed by atoms with van der Waals surface area (Å²) in [5, 5.41) is 0. The SMILES string of the molecule is CCCN(C)CCOCCN(C)c1c(C(C)(C)C)c(=S)c1=O.CCCN(CC)CCOCCN(C)c1c(C(C)(C)C)c(=S)c1=O.CCCN(CCC)CCOCCN(C)c1c(C(C)(C)C)c(=S)c1=O. The van der Waals surface area contributed by atoms with Crippen molar-refractivity contribution in [1.82, 2.24) is 14.7 Å². The molecule has 0 bridgehead atoms. The third-order valence-electron chi connectivity index (χ3n) is 12.2. The zero-order chi connectivity index (χ0) is 52.9. The van der Waals surface area contributed by atoms with Crippen molar-refractivity contribution in [3.63, 3.8) is 0 Å². The minimum absolute atomic E-state index is 0.00473. The number of nitrogens with zero attached hydrogens (tertiary/aromatic N) is 6. The number of hydrogen-bond acceptors (Lipinski definition) is 15. The van der Waals surface area contributed by atoms with E-state index in [0.29, 0.717) is 53.0 Å². The molecule has 3 aromatic rings. The molecular weight excluding hydrogens is 925 g/mol. The molecule has 15 heteroatoms. The zero-order valence-corrected chi connectivity index (χ0v) is 49.2. The van der Waals surface area contributed by atoms with Gasteiger partial charge in [0.15, 0.2) is 0 Å². The van der Waals surface area contributed by atoms with Gasteiger partial charge in [0.1, 0.15) is 0 Å². The lowest BCUT2D eigenvalue weighted by atomic mass is 9.82. The van der Waals surface area contributed by atoms with Gasteiger partial charge in [-0.05, 0) is 81.7 Å². The van der Waals surface area contributed by atoms with Gasteiger partial charge in [-0.1, -0.05) is 134 Å². The predicted octanol–water partition coefficient (Wildman–Crippen LogP) is 9.40. The Kier molecular flexibility index (Phi) is 29.3. The van der Waals surface area contributed by atoms with Crippen LogP contribution in [0, 0.1) is 13.5 Å². The zero-order valence-electron chi connectivity index (χ0n) is 46.7. The minimum atomic E-state index is -0.0871. The molecule has 0 saturated carbocycles. The summed E-state index contributed by atoms with van der Waals surface area (Å²) >= 11 is 15.7. The lowest BCUT2D eigenvalue weighted by Crippen LogP contribution is -2.36. The molecular formula is C54H96N6O6S3. The highest BCUT2D eigenvalue weighted by molar-refractivity contribution is 7.72. The number of likely N-dealkylation sites (N-methyl/N-ethyl adjacent to an activating group) is 5. The Hall–Kier alpha value is -2.34. The van der Waals surface area contributed by atoms with Crippen LogP contribution < -0.4 is 31.0 Å². The van der Waals surface area contributed by atoms with Gasteiger partial charge in [-0.15, -0.1) is 0 Å². The summed E-state index contributed by atoms with van der Waals surface area (Å²) in [4.78, 5) is 49.2. The van der Waals surface area contributed by atoms with E-state index in [-0.39, 0.29) is 32.5 Å². The van der Waals surface area contributed by atoms with E-state index in [4.69, 9.17) is 50.9 Å². The van der Waals surface area contributed by atoms with E-state index in [1.54, 1.807) is 0 Å². The lowest BCUT2D eigenvalue weighted by molar-refractivity contribution is 0.108. The van der Waals surface area contributed by atoms with Gasteiger partial charge in [-0.3, -0.25) is 14.4 Å². The smallest absolute Gasteiger partial charge is 0.220 e. The highest BCUT2D eigenvalue weighted by atomic mass is 32.1. The molecule has 0 amide bonds. The van der Waals surface area contributed by atoms with Crippen molar-refractivity contribution in [2.45, 2.75) is 139 Å². The summed E-state index contributed by atoms with van der Waals surface area (Å²) in [6.45, 7) is 44.4. The topological polar surface area (TPSA) is 98.3 Å². The maximum Gasteiger partial charge on any atom is 0.220 e. The average Bonchev–Trinajstić information content (AvgIpc) is 3.26. The van der Waals surface area contributed by atoms with E-state index < -0.39 is 0 Å². The van der Waals surface area contributed by atoms with Crippen molar-refractivity contribution in [2.75, 3.05) is 155 Å². The molecule has 69 heavy (non-hydrogen) atoms. The quantitative estimate of drug-likeness (QED) is 0.0468. The summed E-state index contributed by atoms with van der Waals surface area (Å²) in [5.41, 5.74) is 5.12. The monoisotopic (exact) mass is 1020 g/mol. The van der Waals surface area contributed by atoms with Crippen molar-refractivity contribution in [1.29, 1.82) is 0 Å². The molecule has 0 aliphatic carbocycles. The van der Waals surface area contributed by atoms with Crippen LogP contribution >= 0.6 is 36.7 Å². The van der Waals surface area contributed by atoms with Gasteiger partial charge in [0, 0.05) is 77.1 Å². The summed E-state index contributed by atoms with van der Waals surface area (Å²) in [6, 6.07) is 0. The molecule has 0 N–H and O–H groups in total. The first kappa shape index (κ1) is 64.7. The molecule has 3 rings (SSSR count). The van der Waals surface area contributed by atoms with Gasteiger partial charge in [-0.2, -0.15) is 0 Å². The van der Waals surface area contributed by atoms with E-state index >= 15 is 0 Å². The van der Waals surface area contributed by atoms with E-state index in [9.17, 15) is 14.4 Å². The summed E-state index contributed by atoms with van der Waals surface area (Å²) < 4.78 is 18.7. The van der Waals surface area contributed by atoms with Crippen molar-refractivity contribution >= 4 is 53.7 Å². The fraction of sp³-hybridized carbons (Fsp3) is 0.778. The molecule has 0 aromatic heterocycles. The minimum Gasteiger partial charge on any atom is -0.378 e. The lowest BCUT2D eigenvalue weighted by Gasteiger charge is -2.30. The Morgan fingerprint density at radius 1 is 0.377 bits per heavy atom. The molecule has 0 aliphatic rings. The number of anilines is 3. The Morgan fingerprint density at radius 3 is 0.913 bits per heavy atom. The third kappa shape index (κ3) is 20.6. The van der Waals surface area contributed by atoms with Gasteiger partial charge in [0.05, 0.1) is 70.2 Å². The Labute approximate surface area is 434 Å². The van der Waals surface area contributed by atoms with Crippen LogP contribution in [0.4, 0.5) is 17.1 Å². The molecule has 0 atom stereocenters. The highest BCUT2D eigenvalue weighted by Crippen LogP contribution is 2.34. The molecule has 0 aliphatic heterocycles. The fourth-order valence-electron chi connectivity index (χ4n) is 8.38. The van der Waals surface area contributed by atoms with E-state index in [1.807, 2.05) is 35.8 Å². The van der Waals surface area contributed by atoms with Crippen molar-refractivity contribution in [3.05, 3.63) is 60.9 Å². The molecule has 0 radical (unpaired) electrons. The predicted molar refractivity (Wildman–Crippen MR) is 303 cm³/mol. The molecule has 0 saturated heterocycles. The van der Waals surface area contributed by atoms with E-state index in [1.165, 1.54) is 19.3 Å². The van der Waals surface area contributed by atoms with Crippen molar-refractivity contribution in [2.24, 2.45) is 0 Å². The maximum atomic E-state index is 12.1. The van der Waals surface area contributed by atoms with Crippen molar-refractivity contribution < 1.29 is 14.2 Å². The van der Waals surface area contributed by atoms with Gasteiger partial charge in [0.2, 0.25) is 16.3 Å². The Bertz CT molecular complexity index is 2140. The van der Waals surface area contributed by atoms with Crippen LogP contribution in [0.15, 0.2) is 14.4 Å². The second kappa shape index (κ2) is 31.3. The van der Waals surface area contributed by atoms with Gasteiger partial charge < -0.3 is 43.6 Å². The summed E-state index contributed by atoms with van der Waals surface area (Å²) in [6.07, 6.45) is 4.68. The fourth-order valence-corrected chi connectivity index (χ4v) is 9.88. The molecule has 396 valence electrons. The first-order valence-electron chi connectivity index (χ1n) is 25.7. The van der Waals surface area contributed by atoms with Crippen LogP contribution in [0.2, 0.25) is 0 Å². The summed E-state index contributed by atoms with van der Waals surface area (Å²) in [7, 11) is 7.94. The summed E-state index contributed by atoms with van der Waals surface area (Å²) in [5.74, 6) is 0. The molecule has 0 heterocycles. The molecule has 0 unspecified atom stereocenters. The number of rotatable bonds is 30. The van der Waals surface area contributed by atoms with Crippen LogP contribution in [0.3, 0.4) is 0 Å². The second-order valence-electron chi connectivity index (χ2n) is 21.6. The van der Waals surface area contributed by atoms with Crippen LogP contribution in [-0.2, 0) is 30.5 Å². The van der Waals surface area contributed by atoms with Gasteiger partial charge in [-0.25, -0.2) is 0 Å². The normalized spacial score (nSPS) is 12.3. The maximum absolute atomic E-state index is 12.1. The van der Waals surface area contributed by atoms with E-state index in [2.05, 4.69) is 119 Å². The third-order valence-corrected chi connectivity index (χ3v) is 13.3. The Balaban J connectivity index is 0.000000518. The van der Waals surface area contributed by atoms with Gasteiger partial charge in [0.25, 0.3) is 0 Å². The number of hydrogen-bond donors (Lipinski definition) is 0. The first-order valence-corrected chi connectivity index (χ1v) is 26.9. The van der Waals surface area contributed by atoms with Crippen LogP contribution in [-0.4, -0.2) is 155 Å². The Morgan fingerprint density at radius 2 is 0.638 bits per heavy atom. The molecule has 3 aromatic carbocycles. The first-order chi connectivity index (χ1) is 32.2. The van der Waals surface area contributed by atoms with E-state index in [0.717, 1.165) is 112 Å². The molecule has 12 nitrogen and oxygen atoms in total.